The predicted molar refractivity (Wildman–Crippen MR) is 102 cm³/mol. The number of nitrogens with zero attached hydrogens (tertiary/aromatic N) is 3. The van der Waals surface area contributed by atoms with Gasteiger partial charge in [-0.3, -0.25) is 14.4 Å². The lowest BCUT2D eigenvalue weighted by Gasteiger charge is -2.22. The van der Waals surface area contributed by atoms with Crippen LogP contribution < -0.4 is 10.6 Å². The second-order valence-electron chi connectivity index (χ2n) is 7.29. The highest BCUT2D eigenvalue weighted by molar-refractivity contribution is 6.03. The second-order valence-corrected chi connectivity index (χ2v) is 7.29. The number of nitrogens with one attached hydrogen (secondary N) is 2. The number of carbonyl (C=O) groups is 1. The first-order valence-corrected chi connectivity index (χ1v) is 9.65. The van der Waals surface area contributed by atoms with E-state index in [2.05, 4.69) is 33.6 Å². The molecule has 1 fully saturated rings. The summed E-state index contributed by atoms with van der Waals surface area (Å²) in [6, 6.07) is 8.33. The molecule has 26 heavy (non-hydrogen) atoms. The van der Waals surface area contributed by atoms with Crippen molar-refractivity contribution in [3.8, 4) is 0 Å². The molecule has 0 saturated carbocycles. The lowest BCUT2D eigenvalue weighted by atomic mass is 10.1. The molecule has 1 aromatic heterocycles. The Kier molecular flexibility index (Phi) is 5.04. The van der Waals surface area contributed by atoms with Crippen molar-refractivity contribution in [3.05, 3.63) is 47.3 Å². The molecule has 3 heterocycles. The molecule has 1 aromatic carbocycles. The monoisotopic (exact) mass is 353 g/mol. The van der Waals surface area contributed by atoms with E-state index in [1.165, 1.54) is 11.1 Å². The Bertz CT molecular complexity index is 778. The second kappa shape index (κ2) is 7.60. The zero-order chi connectivity index (χ0) is 17.9. The van der Waals surface area contributed by atoms with Crippen LogP contribution in [0.5, 0.6) is 0 Å². The first-order valence-electron chi connectivity index (χ1n) is 9.65. The third-order valence-electron chi connectivity index (χ3n) is 5.32. The van der Waals surface area contributed by atoms with Gasteiger partial charge in [-0.2, -0.15) is 5.10 Å². The molecular weight excluding hydrogens is 326 g/mol. The van der Waals surface area contributed by atoms with E-state index < -0.39 is 0 Å². The van der Waals surface area contributed by atoms with Gasteiger partial charge in [0.15, 0.2) is 5.69 Å². The molecule has 138 valence electrons. The van der Waals surface area contributed by atoms with E-state index in [1.807, 2.05) is 29.1 Å². The lowest BCUT2D eigenvalue weighted by Crippen LogP contribution is -2.32. The van der Waals surface area contributed by atoms with Crippen molar-refractivity contribution in [3.63, 3.8) is 0 Å². The molecule has 1 unspecified atom stereocenters. The molecule has 0 bridgehead atoms. The summed E-state index contributed by atoms with van der Waals surface area (Å²) >= 11 is 0. The van der Waals surface area contributed by atoms with Crippen LogP contribution in [0.3, 0.4) is 0 Å². The smallest absolute Gasteiger partial charge is 0.276 e. The van der Waals surface area contributed by atoms with E-state index in [9.17, 15) is 4.79 Å². The lowest BCUT2D eigenvalue weighted by molar-refractivity contribution is 0.102. The average molecular weight is 353 g/mol. The molecule has 0 radical (unpaired) electrons. The standard InChI is InChI=1S/C20H27N5O/c1-2-10-24-13-15-5-3-7-18(17(15)14-24)22-20(26)19-8-11-25(23-19)16-6-4-9-21-12-16/h3,5,7-8,11,16,21H,2,4,6,9-10,12-14H2,1H3,(H,22,26). The van der Waals surface area contributed by atoms with Crippen LogP contribution in [0, 0.1) is 0 Å². The van der Waals surface area contributed by atoms with Crippen LogP contribution in [0.2, 0.25) is 0 Å². The van der Waals surface area contributed by atoms with Gasteiger partial charge in [0, 0.05) is 31.5 Å². The van der Waals surface area contributed by atoms with Gasteiger partial charge in [-0.05, 0) is 55.6 Å². The number of carbonyl (C=O) groups excluding carboxylic acids is 1. The van der Waals surface area contributed by atoms with Crippen LogP contribution in [0.25, 0.3) is 0 Å². The van der Waals surface area contributed by atoms with Gasteiger partial charge in [0.1, 0.15) is 0 Å². The molecule has 1 amide bonds. The predicted octanol–water partition coefficient (Wildman–Crippen LogP) is 2.79. The Morgan fingerprint density at radius 2 is 2.27 bits per heavy atom. The summed E-state index contributed by atoms with van der Waals surface area (Å²) in [6.45, 7) is 7.14. The minimum absolute atomic E-state index is 0.130. The summed E-state index contributed by atoms with van der Waals surface area (Å²) in [4.78, 5) is 15.1. The molecule has 2 N–H and O–H groups in total. The number of hydrogen-bond donors (Lipinski definition) is 2. The number of piperidine rings is 1. The molecule has 2 aliphatic rings. The maximum absolute atomic E-state index is 12.7. The van der Waals surface area contributed by atoms with Crippen molar-refractivity contribution in [2.45, 2.75) is 45.3 Å². The Balaban J connectivity index is 1.46. The number of fused-ring (bicyclic) bond motifs is 1. The SMILES string of the molecule is CCCN1Cc2cccc(NC(=O)c3ccn(C4CCCNC4)n3)c2C1. The number of hydrogen-bond acceptors (Lipinski definition) is 4. The van der Waals surface area contributed by atoms with Crippen molar-refractivity contribution in [1.82, 2.24) is 20.0 Å². The van der Waals surface area contributed by atoms with Crippen LogP contribution >= 0.6 is 0 Å². The zero-order valence-electron chi connectivity index (χ0n) is 15.4. The van der Waals surface area contributed by atoms with Crippen molar-refractivity contribution in [1.29, 1.82) is 0 Å². The molecule has 2 aliphatic heterocycles. The highest BCUT2D eigenvalue weighted by Crippen LogP contribution is 2.29. The van der Waals surface area contributed by atoms with Crippen molar-refractivity contribution in [2.24, 2.45) is 0 Å². The Hall–Kier alpha value is -2.18. The molecular formula is C20H27N5O. The van der Waals surface area contributed by atoms with E-state index in [4.69, 9.17) is 0 Å². The quantitative estimate of drug-likeness (QED) is 0.868. The minimum atomic E-state index is -0.130. The minimum Gasteiger partial charge on any atom is -0.320 e. The van der Waals surface area contributed by atoms with E-state index >= 15 is 0 Å². The van der Waals surface area contributed by atoms with Crippen LogP contribution in [-0.4, -0.2) is 40.2 Å². The van der Waals surface area contributed by atoms with Crippen LogP contribution in [0.1, 0.15) is 53.8 Å². The fourth-order valence-electron chi connectivity index (χ4n) is 3.99. The van der Waals surface area contributed by atoms with E-state index in [0.29, 0.717) is 11.7 Å². The van der Waals surface area contributed by atoms with Crippen molar-refractivity contribution in [2.75, 3.05) is 25.0 Å². The molecule has 6 nitrogen and oxygen atoms in total. The molecule has 1 saturated heterocycles. The average Bonchev–Trinajstić information content (AvgIpc) is 3.30. The Labute approximate surface area is 154 Å². The highest BCUT2D eigenvalue weighted by atomic mass is 16.2. The third kappa shape index (κ3) is 3.52. The number of benzene rings is 1. The van der Waals surface area contributed by atoms with Crippen LogP contribution in [0.4, 0.5) is 5.69 Å². The van der Waals surface area contributed by atoms with Gasteiger partial charge in [-0.1, -0.05) is 19.1 Å². The molecule has 0 spiro atoms. The number of aromatic nitrogens is 2. The third-order valence-corrected chi connectivity index (χ3v) is 5.32. The molecule has 2 aromatic rings. The maximum atomic E-state index is 12.7. The molecule has 6 heteroatoms. The fraction of sp³-hybridized carbons (Fsp3) is 0.500. The first-order chi connectivity index (χ1) is 12.7. The van der Waals surface area contributed by atoms with Crippen molar-refractivity contribution >= 4 is 11.6 Å². The van der Waals surface area contributed by atoms with Crippen LogP contribution in [-0.2, 0) is 13.1 Å². The van der Waals surface area contributed by atoms with Gasteiger partial charge >= 0.3 is 0 Å². The Morgan fingerprint density at radius 3 is 3.08 bits per heavy atom. The summed E-state index contributed by atoms with van der Waals surface area (Å²) in [6.07, 6.45) is 5.32. The summed E-state index contributed by atoms with van der Waals surface area (Å²) in [5.41, 5.74) is 3.96. The Morgan fingerprint density at radius 1 is 1.35 bits per heavy atom. The van der Waals surface area contributed by atoms with E-state index in [-0.39, 0.29) is 5.91 Å². The van der Waals surface area contributed by atoms with Gasteiger partial charge < -0.3 is 10.6 Å². The van der Waals surface area contributed by atoms with Gasteiger partial charge in [0.25, 0.3) is 5.91 Å². The normalized spacial score (nSPS) is 20.1. The number of rotatable bonds is 5. The van der Waals surface area contributed by atoms with Gasteiger partial charge in [0.2, 0.25) is 0 Å². The molecule has 4 rings (SSSR count). The number of anilines is 1. The maximum Gasteiger partial charge on any atom is 0.276 e. The zero-order valence-corrected chi connectivity index (χ0v) is 15.4. The largest absolute Gasteiger partial charge is 0.320 e. The summed E-state index contributed by atoms with van der Waals surface area (Å²) in [5.74, 6) is -0.130. The topological polar surface area (TPSA) is 62.2 Å². The summed E-state index contributed by atoms with van der Waals surface area (Å²) in [7, 11) is 0. The summed E-state index contributed by atoms with van der Waals surface area (Å²) < 4.78 is 1.93. The summed E-state index contributed by atoms with van der Waals surface area (Å²) in [5, 5.41) is 11.0. The number of amides is 1. The molecule has 0 aliphatic carbocycles. The van der Waals surface area contributed by atoms with Gasteiger partial charge in [-0.25, -0.2) is 0 Å². The van der Waals surface area contributed by atoms with E-state index in [1.54, 1.807) is 0 Å². The van der Waals surface area contributed by atoms with E-state index in [0.717, 1.165) is 57.7 Å². The van der Waals surface area contributed by atoms with Crippen LogP contribution in [0.15, 0.2) is 30.5 Å². The van der Waals surface area contributed by atoms with Crippen molar-refractivity contribution < 1.29 is 4.79 Å². The fourth-order valence-corrected chi connectivity index (χ4v) is 3.99. The highest BCUT2D eigenvalue weighted by Gasteiger charge is 2.23. The van der Waals surface area contributed by atoms with Gasteiger partial charge in [-0.15, -0.1) is 0 Å². The van der Waals surface area contributed by atoms with Gasteiger partial charge in [0.05, 0.1) is 6.04 Å². The first kappa shape index (κ1) is 17.2. The molecule has 1 atom stereocenters.